The van der Waals surface area contributed by atoms with E-state index in [0.717, 1.165) is 6.42 Å². The van der Waals surface area contributed by atoms with E-state index in [-0.39, 0.29) is 0 Å². The molecule has 0 unspecified atom stereocenters. The number of rotatable bonds is 2. The Morgan fingerprint density at radius 3 is 2.37 bits per heavy atom. The maximum Gasteiger partial charge on any atom is -0.0152 e. The van der Waals surface area contributed by atoms with Gasteiger partial charge in [0, 0.05) is 0 Å². The minimum Gasteiger partial charge on any atom is -0.0616 e. The molecule has 0 fully saturated rings. The van der Waals surface area contributed by atoms with Gasteiger partial charge in [-0.1, -0.05) is 67.1 Å². The quantitative estimate of drug-likeness (QED) is 0.569. The zero-order valence-electron chi connectivity index (χ0n) is 11.5. The highest BCUT2D eigenvalue weighted by Gasteiger charge is 2.04. The van der Waals surface area contributed by atoms with E-state index >= 15 is 0 Å². The fraction of sp³-hybridized carbons (Fsp3) is 0.158. The Balaban J connectivity index is 2.18. The van der Waals surface area contributed by atoms with Gasteiger partial charge in [0.2, 0.25) is 0 Å². The van der Waals surface area contributed by atoms with Crippen LogP contribution >= 0.6 is 0 Å². The SMILES string of the molecule is CCc1cc(C)ccc1-c1ccc2ccccc2c1. The molecule has 0 aliphatic carbocycles. The van der Waals surface area contributed by atoms with E-state index in [9.17, 15) is 0 Å². The summed E-state index contributed by atoms with van der Waals surface area (Å²) in [4.78, 5) is 0. The first-order valence-electron chi connectivity index (χ1n) is 6.86. The lowest BCUT2D eigenvalue weighted by molar-refractivity contribution is 1.13. The molecule has 0 saturated carbocycles. The summed E-state index contributed by atoms with van der Waals surface area (Å²) in [7, 11) is 0. The van der Waals surface area contributed by atoms with E-state index in [1.165, 1.54) is 33.0 Å². The zero-order chi connectivity index (χ0) is 13.2. The molecule has 0 radical (unpaired) electrons. The minimum atomic E-state index is 1.07. The molecule has 3 aromatic rings. The predicted octanol–water partition coefficient (Wildman–Crippen LogP) is 5.38. The fourth-order valence-electron chi connectivity index (χ4n) is 2.65. The molecule has 0 aromatic heterocycles. The highest BCUT2D eigenvalue weighted by Crippen LogP contribution is 2.28. The van der Waals surface area contributed by atoms with Gasteiger partial charge in [-0.2, -0.15) is 0 Å². The Labute approximate surface area is 114 Å². The van der Waals surface area contributed by atoms with Crippen LogP contribution in [0.25, 0.3) is 21.9 Å². The molecular formula is C19H18. The summed E-state index contributed by atoms with van der Waals surface area (Å²) in [6, 6.07) is 22.0. The average Bonchev–Trinajstić information content (AvgIpc) is 2.46. The summed E-state index contributed by atoms with van der Waals surface area (Å²) < 4.78 is 0. The van der Waals surface area contributed by atoms with Gasteiger partial charge in [0.15, 0.2) is 0 Å². The summed E-state index contributed by atoms with van der Waals surface area (Å²) in [6.07, 6.45) is 1.07. The maximum atomic E-state index is 2.30. The third-order valence-corrected chi connectivity index (χ3v) is 3.70. The highest BCUT2D eigenvalue weighted by atomic mass is 14.1. The molecule has 0 aliphatic rings. The lowest BCUT2D eigenvalue weighted by Gasteiger charge is -2.10. The van der Waals surface area contributed by atoms with Gasteiger partial charge in [0.1, 0.15) is 0 Å². The molecule has 0 N–H and O–H groups in total. The normalized spacial score (nSPS) is 10.8. The third kappa shape index (κ3) is 2.26. The molecule has 0 heteroatoms. The van der Waals surface area contributed by atoms with Gasteiger partial charge in [0.05, 0.1) is 0 Å². The molecule has 0 spiro atoms. The average molecular weight is 246 g/mol. The van der Waals surface area contributed by atoms with E-state index in [2.05, 4.69) is 74.5 Å². The van der Waals surface area contributed by atoms with Crippen LogP contribution in [0, 0.1) is 6.92 Å². The van der Waals surface area contributed by atoms with E-state index in [0.29, 0.717) is 0 Å². The maximum absolute atomic E-state index is 2.30. The lowest BCUT2D eigenvalue weighted by Crippen LogP contribution is -1.89. The summed E-state index contributed by atoms with van der Waals surface area (Å²) in [5, 5.41) is 2.61. The highest BCUT2D eigenvalue weighted by molar-refractivity contribution is 5.87. The van der Waals surface area contributed by atoms with Gasteiger partial charge >= 0.3 is 0 Å². The minimum absolute atomic E-state index is 1.07. The van der Waals surface area contributed by atoms with Gasteiger partial charge in [-0.3, -0.25) is 0 Å². The lowest BCUT2D eigenvalue weighted by atomic mass is 9.95. The summed E-state index contributed by atoms with van der Waals surface area (Å²) in [6.45, 7) is 4.38. The number of fused-ring (bicyclic) bond motifs is 1. The fourth-order valence-corrected chi connectivity index (χ4v) is 2.65. The Morgan fingerprint density at radius 2 is 1.58 bits per heavy atom. The van der Waals surface area contributed by atoms with Crippen LogP contribution in [0.4, 0.5) is 0 Å². The molecule has 3 aromatic carbocycles. The Hall–Kier alpha value is -2.08. The van der Waals surface area contributed by atoms with Gasteiger partial charge in [-0.15, -0.1) is 0 Å². The molecule has 94 valence electrons. The van der Waals surface area contributed by atoms with Crippen LogP contribution in [0.5, 0.6) is 0 Å². The number of aryl methyl sites for hydroxylation is 2. The summed E-state index contributed by atoms with van der Waals surface area (Å²) in [5.74, 6) is 0. The number of hydrogen-bond acceptors (Lipinski definition) is 0. The Morgan fingerprint density at radius 1 is 0.789 bits per heavy atom. The van der Waals surface area contributed by atoms with Gasteiger partial charge in [-0.05, 0) is 46.9 Å². The monoisotopic (exact) mass is 246 g/mol. The molecule has 19 heavy (non-hydrogen) atoms. The van der Waals surface area contributed by atoms with Gasteiger partial charge in [0.25, 0.3) is 0 Å². The summed E-state index contributed by atoms with van der Waals surface area (Å²) >= 11 is 0. The number of benzene rings is 3. The Kier molecular flexibility index (Phi) is 3.08. The van der Waals surface area contributed by atoms with Crippen LogP contribution < -0.4 is 0 Å². The molecule has 3 rings (SSSR count). The second-order valence-corrected chi connectivity index (χ2v) is 5.08. The van der Waals surface area contributed by atoms with Crippen LogP contribution in [0.3, 0.4) is 0 Å². The van der Waals surface area contributed by atoms with Crippen molar-refractivity contribution in [3.05, 3.63) is 71.8 Å². The zero-order valence-corrected chi connectivity index (χ0v) is 11.5. The van der Waals surface area contributed by atoms with Crippen molar-refractivity contribution in [2.45, 2.75) is 20.3 Å². The van der Waals surface area contributed by atoms with Crippen molar-refractivity contribution in [3.8, 4) is 11.1 Å². The van der Waals surface area contributed by atoms with Gasteiger partial charge < -0.3 is 0 Å². The standard InChI is InChI=1S/C19H18/c1-3-15-12-14(2)8-11-19(15)18-10-9-16-6-4-5-7-17(16)13-18/h4-13H,3H2,1-2H3. The van der Waals surface area contributed by atoms with Crippen LogP contribution in [-0.4, -0.2) is 0 Å². The molecule has 0 bridgehead atoms. The topological polar surface area (TPSA) is 0 Å². The van der Waals surface area contributed by atoms with Crippen LogP contribution in [-0.2, 0) is 6.42 Å². The third-order valence-electron chi connectivity index (χ3n) is 3.70. The second-order valence-electron chi connectivity index (χ2n) is 5.08. The van der Waals surface area contributed by atoms with Crippen molar-refractivity contribution in [1.82, 2.24) is 0 Å². The smallest absolute Gasteiger partial charge is 0.0152 e. The molecule has 0 atom stereocenters. The van der Waals surface area contributed by atoms with E-state index in [1.54, 1.807) is 0 Å². The van der Waals surface area contributed by atoms with Crippen molar-refractivity contribution >= 4 is 10.8 Å². The van der Waals surface area contributed by atoms with Crippen LogP contribution in [0.1, 0.15) is 18.1 Å². The molecule has 0 nitrogen and oxygen atoms in total. The molecule has 0 saturated heterocycles. The van der Waals surface area contributed by atoms with Crippen LogP contribution in [0.2, 0.25) is 0 Å². The van der Waals surface area contributed by atoms with Crippen LogP contribution in [0.15, 0.2) is 60.7 Å². The predicted molar refractivity (Wildman–Crippen MR) is 83.5 cm³/mol. The number of hydrogen-bond donors (Lipinski definition) is 0. The first-order chi connectivity index (χ1) is 9.28. The van der Waals surface area contributed by atoms with Crippen molar-refractivity contribution < 1.29 is 0 Å². The molecule has 0 heterocycles. The first kappa shape index (κ1) is 12.0. The second kappa shape index (κ2) is 4.89. The van der Waals surface area contributed by atoms with Crippen molar-refractivity contribution in [2.75, 3.05) is 0 Å². The first-order valence-corrected chi connectivity index (χ1v) is 6.86. The summed E-state index contributed by atoms with van der Waals surface area (Å²) in [5.41, 5.74) is 5.44. The Bertz CT molecular complexity index is 723. The molecular weight excluding hydrogens is 228 g/mol. The van der Waals surface area contributed by atoms with Crippen molar-refractivity contribution in [2.24, 2.45) is 0 Å². The van der Waals surface area contributed by atoms with E-state index in [1.807, 2.05) is 0 Å². The molecule has 0 amide bonds. The van der Waals surface area contributed by atoms with E-state index < -0.39 is 0 Å². The van der Waals surface area contributed by atoms with Crippen molar-refractivity contribution in [1.29, 1.82) is 0 Å². The molecule has 0 aliphatic heterocycles. The van der Waals surface area contributed by atoms with Gasteiger partial charge in [-0.25, -0.2) is 0 Å². The van der Waals surface area contributed by atoms with Crippen molar-refractivity contribution in [3.63, 3.8) is 0 Å². The largest absolute Gasteiger partial charge is 0.0616 e. The van der Waals surface area contributed by atoms with E-state index in [4.69, 9.17) is 0 Å².